The molecule has 2 aromatic rings. The van der Waals surface area contributed by atoms with Gasteiger partial charge in [-0.05, 0) is 43.5 Å². The zero-order chi connectivity index (χ0) is 19.9. The average Bonchev–Trinajstić information content (AvgIpc) is 2.71. The minimum absolute atomic E-state index is 0.0274. The Bertz CT molecular complexity index is 788. The Morgan fingerprint density at radius 1 is 1.00 bits per heavy atom. The van der Waals surface area contributed by atoms with Crippen LogP contribution in [0.5, 0.6) is 0 Å². The van der Waals surface area contributed by atoms with Gasteiger partial charge in [-0.3, -0.25) is 4.79 Å². The number of para-hydroxylation sites is 1. The van der Waals surface area contributed by atoms with Crippen molar-refractivity contribution < 1.29 is 14.6 Å². The molecule has 0 spiro atoms. The van der Waals surface area contributed by atoms with Gasteiger partial charge in [0, 0.05) is 5.69 Å². The van der Waals surface area contributed by atoms with Gasteiger partial charge in [0.2, 0.25) is 0 Å². The van der Waals surface area contributed by atoms with Crippen molar-refractivity contribution in [2.75, 3.05) is 38.0 Å². The Labute approximate surface area is 168 Å². The maximum atomic E-state index is 12.8. The van der Waals surface area contributed by atoms with E-state index in [1.54, 1.807) is 4.90 Å². The minimum atomic E-state index is -0.0274. The van der Waals surface area contributed by atoms with Crippen LogP contribution >= 0.6 is 0 Å². The second-order valence-corrected chi connectivity index (χ2v) is 7.90. The summed E-state index contributed by atoms with van der Waals surface area (Å²) in [6.07, 6.45) is 4.47. The Kier molecular flexibility index (Phi) is 7.01. The molecule has 0 bridgehead atoms. The van der Waals surface area contributed by atoms with E-state index < -0.39 is 0 Å². The van der Waals surface area contributed by atoms with E-state index in [2.05, 4.69) is 48.7 Å². The summed E-state index contributed by atoms with van der Waals surface area (Å²) in [4.78, 5) is 15.8. The SMILES string of the molecule is Cc1cccc(C)c1NC(=O)[C@H](C)[NH+]1CC[NH+](C/C=C/c2ccccc2)CC1. The van der Waals surface area contributed by atoms with Crippen molar-refractivity contribution in [1.29, 1.82) is 0 Å². The first-order chi connectivity index (χ1) is 13.5. The van der Waals surface area contributed by atoms with Crippen LogP contribution in [-0.2, 0) is 4.79 Å². The number of rotatable bonds is 6. The van der Waals surface area contributed by atoms with E-state index in [0.717, 1.165) is 49.5 Å². The van der Waals surface area contributed by atoms with E-state index in [9.17, 15) is 4.79 Å². The van der Waals surface area contributed by atoms with E-state index in [4.69, 9.17) is 0 Å². The van der Waals surface area contributed by atoms with Crippen molar-refractivity contribution in [2.24, 2.45) is 0 Å². The lowest BCUT2D eigenvalue weighted by atomic mass is 10.1. The van der Waals surface area contributed by atoms with Crippen LogP contribution in [0.4, 0.5) is 5.69 Å². The minimum Gasteiger partial charge on any atom is -0.322 e. The van der Waals surface area contributed by atoms with Crippen LogP contribution in [0.3, 0.4) is 0 Å². The lowest BCUT2D eigenvalue weighted by Crippen LogP contribution is -3.29. The number of carbonyl (C=O) groups is 1. The van der Waals surface area contributed by atoms with Crippen molar-refractivity contribution in [3.05, 3.63) is 71.3 Å². The summed E-state index contributed by atoms with van der Waals surface area (Å²) < 4.78 is 0. The van der Waals surface area contributed by atoms with Crippen molar-refractivity contribution in [2.45, 2.75) is 26.8 Å². The molecular weight excluding hydrogens is 346 g/mol. The van der Waals surface area contributed by atoms with Gasteiger partial charge >= 0.3 is 0 Å². The van der Waals surface area contributed by atoms with Gasteiger partial charge in [-0.25, -0.2) is 0 Å². The molecule has 2 aromatic carbocycles. The molecule has 1 atom stereocenters. The molecule has 28 heavy (non-hydrogen) atoms. The first-order valence-electron chi connectivity index (χ1n) is 10.3. The molecule has 0 aromatic heterocycles. The van der Waals surface area contributed by atoms with Crippen molar-refractivity contribution in [3.63, 3.8) is 0 Å². The largest absolute Gasteiger partial charge is 0.322 e. The van der Waals surface area contributed by atoms with E-state index in [0.29, 0.717) is 0 Å². The third-order valence-corrected chi connectivity index (χ3v) is 5.85. The highest BCUT2D eigenvalue weighted by molar-refractivity contribution is 5.95. The van der Waals surface area contributed by atoms with Gasteiger partial charge in [0.05, 0.1) is 6.54 Å². The topological polar surface area (TPSA) is 38.0 Å². The fraction of sp³-hybridized carbons (Fsp3) is 0.375. The average molecular weight is 380 g/mol. The van der Waals surface area contributed by atoms with Crippen LogP contribution in [0.15, 0.2) is 54.6 Å². The molecule has 0 aliphatic carbocycles. The van der Waals surface area contributed by atoms with Crippen LogP contribution in [-0.4, -0.2) is 44.7 Å². The maximum absolute atomic E-state index is 12.8. The van der Waals surface area contributed by atoms with E-state index in [-0.39, 0.29) is 11.9 Å². The summed E-state index contributed by atoms with van der Waals surface area (Å²) in [5.74, 6) is 0.125. The van der Waals surface area contributed by atoms with Crippen LogP contribution in [0, 0.1) is 13.8 Å². The Hall–Kier alpha value is -2.43. The maximum Gasteiger partial charge on any atom is 0.282 e. The van der Waals surface area contributed by atoms with Crippen LogP contribution in [0.2, 0.25) is 0 Å². The van der Waals surface area contributed by atoms with Gasteiger partial charge in [0.15, 0.2) is 6.04 Å². The molecule has 0 unspecified atom stereocenters. The Morgan fingerprint density at radius 3 is 2.29 bits per heavy atom. The molecule has 0 radical (unpaired) electrons. The summed E-state index contributed by atoms with van der Waals surface area (Å²) >= 11 is 0. The number of anilines is 1. The number of hydrogen-bond donors (Lipinski definition) is 3. The monoisotopic (exact) mass is 379 g/mol. The Balaban J connectivity index is 1.47. The lowest BCUT2D eigenvalue weighted by molar-refractivity contribution is -1.02. The summed E-state index contributed by atoms with van der Waals surface area (Å²) in [6.45, 7) is 11.5. The quantitative estimate of drug-likeness (QED) is 0.692. The van der Waals surface area contributed by atoms with Gasteiger partial charge in [-0.2, -0.15) is 0 Å². The summed E-state index contributed by atoms with van der Waals surface area (Å²) in [5, 5.41) is 3.16. The molecule has 1 aliphatic rings. The summed E-state index contributed by atoms with van der Waals surface area (Å²) in [6, 6.07) is 16.5. The molecule has 1 heterocycles. The van der Waals surface area contributed by atoms with Gasteiger partial charge in [0.1, 0.15) is 26.2 Å². The van der Waals surface area contributed by atoms with Crippen LogP contribution in [0.25, 0.3) is 6.08 Å². The fourth-order valence-corrected chi connectivity index (χ4v) is 3.92. The predicted molar refractivity (Wildman–Crippen MR) is 116 cm³/mol. The smallest absolute Gasteiger partial charge is 0.282 e. The van der Waals surface area contributed by atoms with Gasteiger partial charge in [-0.1, -0.05) is 54.6 Å². The van der Waals surface area contributed by atoms with Crippen LogP contribution < -0.4 is 15.1 Å². The van der Waals surface area contributed by atoms with Crippen LogP contribution in [0.1, 0.15) is 23.6 Å². The normalized spacial score (nSPS) is 20.8. The van der Waals surface area contributed by atoms with Crippen molar-refractivity contribution in [3.8, 4) is 0 Å². The molecule has 1 saturated heterocycles. The zero-order valence-electron chi connectivity index (χ0n) is 17.3. The number of nitrogens with one attached hydrogen (secondary N) is 3. The first-order valence-corrected chi connectivity index (χ1v) is 10.3. The van der Waals surface area contributed by atoms with Crippen molar-refractivity contribution >= 4 is 17.7 Å². The highest BCUT2D eigenvalue weighted by Gasteiger charge is 2.30. The molecule has 3 N–H and O–H groups in total. The molecule has 1 amide bonds. The molecule has 1 fully saturated rings. The number of amides is 1. The zero-order valence-corrected chi connectivity index (χ0v) is 17.3. The molecular formula is C24H33N3O+2. The lowest BCUT2D eigenvalue weighted by Gasteiger charge is -2.32. The number of piperazine rings is 1. The third-order valence-electron chi connectivity index (χ3n) is 5.85. The van der Waals surface area contributed by atoms with E-state index in [1.807, 2.05) is 38.1 Å². The fourth-order valence-electron chi connectivity index (χ4n) is 3.92. The van der Waals surface area contributed by atoms with Crippen molar-refractivity contribution in [1.82, 2.24) is 0 Å². The first kappa shape index (κ1) is 20.3. The molecule has 1 aliphatic heterocycles. The van der Waals surface area contributed by atoms with Gasteiger partial charge in [-0.15, -0.1) is 0 Å². The second-order valence-electron chi connectivity index (χ2n) is 7.90. The highest BCUT2D eigenvalue weighted by atomic mass is 16.2. The molecule has 4 nitrogen and oxygen atoms in total. The number of aryl methyl sites for hydroxylation is 2. The highest BCUT2D eigenvalue weighted by Crippen LogP contribution is 2.19. The summed E-state index contributed by atoms with van der Waals surface area (Å²) in [7, 11) is 0. The molecule has 3 rings (SSSR count). The molecule has 0 saturated carbocycles. The number of benzene rings is 2. The molecule has 4 heteroatoms. The second kappa shape index (κ2) is 9.67. The van der Waals surface area contributed by atoms with E-state index in [1.165, 1.54) is 10.5 Å². The van der Waals surface area contributed by atoms with Gasteiger partial charge < -0.3 is 15.1 Å². The standard InChI is InChI=1S/C24H31N3O/c1-19-9-7-10-20(2)23(19)25-24(28)21(3)27-17-15-26(16-18-27)14-8-13-22-11-5-4-6-12-22/h4-13,21H,14-18H2,1-3H3,(H,25,28)/p+2/b13-8+/t21-/m0/s1. The predicted octanol–water partition coefficient (Wildman–Crippen LogP) is 1.13. The summed E-state index contributed by atoms with van der Waals surface area (Å²) in [5.41, 5.74) is 4.46. The van der Waals surface area contributed by atoms with Gasteiger partial charge in [0.25, 0.3) is 5.91 Å². The number of hydrogen-bond acceptors (Lipinski definition) is 1. The Morgan fingerprint density at radius 2 is 1.64 bits per heavy atom. The molecule has 148 valence electrons. The number of quaternary nitrogens is 2. The third kappa shape index (κ3) is 5.31. The van der Waals surface area contributed by atoms with E-state index >= 15 is 0 Å². The number of carbonyl (C=O) groups excluding carboxylic acids is 1.